The second-order valence-corrected chi connectivity index (χ2v) is 4.88. The predicted molar refractivity (Wildman–Crippen MR) is 85.4 cm³/mol. The van der Waals surface area contributed by atoms with Gasteiger partial charge in [-0.2, -0.15) is 0 Å². The van der Waals surface area contributed by atoms with Gasteiger partial charge < -0.3 is 35.7 Å². The van der Waals surface area contributed by atoms with Crippen LogP contribution in [-0.4, -0.2) is 78.9 Å². The normalized spacial score (nSPS) is 13.0. The molecule has 1 atom stereocenters. The summed E-state index contributed by atoms with van der Waals surface area (Å²) in [6.07, 6.45) is -0.920. The lowest BCUT2D eigenvalue weighted by Crippen LogP contribution is -2.13. The van der Waals surface area contributed by atoms with Gasteiger partial charge in [0, 0.05) is 55.3 Å². The van der Waals surface area contributed by atoms with Gasteiger partial charge in [0.2, 0.25) is 0 Å². The minimum absolute atomic E-state index is 0.165. The summed E-state index contributed by atoms with van der Waals surface area (Å²) in [6, 6.07) is 0. The second-order valence-electron chi connectivity index (χ2n) is 4.88. The van der Waals surface area contributed by atoms with Crippen molar-refractivity contribution >= 4 is 23.9 Å². The number of aliphatic hydroxyl groups excluding tert-OH is 3. The van der Waals surface area contributed by atoms with E-state index in [4.69, 9.17) is 35.7 Å². The smallest absolute Gasteiger partial charge is 0.332 e. The summed E-state index contributed by atoms with van der Waals surface area (Å²) in [5.74, 6) is -5.42. The Morgan fingerprint density at radius 2 is 1.19 bits per heavy atom. The SMILES string of the molecule is CC(O)C/C(=C/C(=O)O)C(=O)O.O=C(O)/C(CCO)=C(/CCO)C(=O)O. The Labute approximate surface area is 148 Å². The third-order valence-electron chi connectivity index (χ3n) is 2.69. The summed E-state index contributed by atoms with van der Waals surface area (Å²) < 4.78 is 0. The molecule has 0 saturated carbocycles. The van der Waals surface area contributed by atoms with E-state index in [2.05, 4.69) is 0 Å². The van der Waals surface area contributed by atoms with Gasteiger partial charge in [0.1, 0.15) is 0 Å². The van der Waals surface area contributed by atoms with Gasteiger partial charge in [-0.15, -0.1) is 0 Å². The molecule has 0 heterocycles. The monoisotopic (exact) mass is 378 g/mol. The van der Waals surface area contributed by atoms with Crippen LogP contribution >= 0.6 is 0 Å². The lowest BCUT2D eigenvalue weighted by atomic mass is 10.0. The fraction of sp³-hybridized carbons (Fsp3) is 0.467. The molecule has 0 spiro atoms. The first-order chi connectivity index (χ1) is 12.0. The van der Waals surface area contributed by atoms with Gasteiger partial charge in [-0.25, -0.2) is 19.2 Å². The predicted octanol–water partition coefficient (Wildman–Crippen LogP) is -0.930. The molecular formula is C15H22O11. The van der Waals surface area contributed by atoms with Crippen LogP contribution in [0.2, 0.25) is 0 Å². The minimum atomic E-state index is -1.38. The highest BCUT2D eigenvalue weighted by atomic mass is 16.4. The van der Waals surface area contributed by atoms with Crippen LogP contribution in [0.4, 0.5) is 0 Å². The zero-order chi connectivity index (χ0) is 20.9. The number of aliphatic hydroxyl groups is 3. The molecule has 0 rings (SSSR count). The van der Waals surface area contributed by atoms with E-state index in [0.717, 1.165) is 0 Å². The second kappa shape index (κ2) is 13.5. The first kappa shape index (κ1) is 25.5. The Kier molecular flexibility index (Phi) is 13.3. The molecule has 0 saturated heterocycles. The average Bonchev–Trinajstić information content (AvgIpc) is 2.49. The first-order valence-corrected chi connectivity index (χ1v) is 7.23. The van der Waals surface area contributed by atoms with Gasteiger partial charge in [-0.3, -0.25) is 0 Å². The van der Waals surface area contributed by atoms with Crippen molar-refractivity contribution in [3.8, 4) is 0 Å². The number of carbonyl (C=O) groups is 4. The van der Waals surface area contributed by atoms with Gasteiger partial charge >= 0.3 is 23.9 Å². The van der Waals surface area contributed by atoms with Crippen LogP contribution < -0.4 is 0 Å². The van der Waals surface area contributed by atoms with Crippen molar-refractivity contribution in [2.75, 3.05) is 13.2 Å². The maximum Gasteiger partial charge on any atom is 0.332 e. The highest BCUT2D eigenvalue weighted by molar-refractivity contribution is 5.98. The Morgan fingerprint density at radius 1 is 0.808 bits per heavy atom. The molecule has 0 amide bonds. The Bertz CT molecular complexity index is 546. The number of hydrogen-bond acceptors (Lipinski definition) is 7. The van der Waals surface area contributed by atoms with Crippen LogP contribution in [0.25, 0.3) is 0 Å². The van der Waals surface area contributed by atoms with Crippen molar-refractivity contribution in [3.63, 3.8) is 0 Å². The van der Waals surface area contributed by atoms with Crippen molar-refractivity contribution < 1.29 is 54.9 Å². The number of rotatable bonds is 10. The molecule has 11 nitrogen and oxygen atoms in total. The molecule has 0 aliphatic heterocycles. The van der Waals surface area contributed by atoms with Crippen LogP contribution in [0.5, 0.6) is 0 Å². The van der Waals surface area contributed by atoms with E-state index in [-0.39, 0.29) is 36.0 Å². The standard InChI is InChI=1S/C8H12O6.C7H10O5/c9-3-1-5(7(11)12)6(2-4-10)8(13)14;1-4(8)2-5(7(11)12)3-6(9)10/h9-10H,1-4H2,(H,11,12)(H,13,14);3-4,8H,2H2,1H3,(H,9,10)(H,11,12)/b6-5-;5-3-. The van der Waals surface area contributed by atoms with Gasteiger partial charge in [-0.1, -0.05) is 0 Å². The molecule has 1 unspecified atom stereocenters. The third-order valence-corrected chi connectivity index (χ3v) is 2.69. The third kappa shape index (κ3) is 11.7. The van der Waals surface area contributed by atoms with Gasteiger partial charge in [0.15, 0.2) is 0 Å². The van der Waals surface area contributed by atoms with E-state index in [1.807, 2.05) is 0 Å². The van der Waals surface area contributed by atoms with E-state index in [1.54, 1.807) is 0 Å². The molecule has 0 aromatic carbocycles. The van der Waals surface area contributed by atoms with Gasteiger partial charge in [-0.05, 0) is 6.92 Å². The molecule has 11 heteroatoms. The van der Waals surface area contributed by atoms with E-state index < -0.39 is 43.2 Å². The fourth-order valence-corrected chi connectivity index (χ4v) is 1.67. The molecule has 0 aromatic rings. The van der Waals surface area contributed by atoms with Crippen molar-refractivity contribution in [2.45, 2.75) is 32.3 Å². The van der Waals surface area contributed by atoms with Crippen LogP contribution in [0.1, 0.15) is 26.2 Å². The number of aliphatic carboxylic acids is 4. The van der Waals surface area contributed by atoms with Crippen LogP contribution in [0.3, 0.4) is 0 Å². The molecule has 0 aliphatic rings. The largest absolute Gasteiger partial charge is 0.478 e. The highest BCUT2D eigenvalue weighted by Crippen LogP contribution is 2.13. The topological polar surface area (TPSA) is 210 Å². The molecule has 0 aromatic heterocycles. The molecular weight excluding hydrogens is 356 g/mol. The van der Waals surface area contributed by atoms with E-state index in [0.29, 0.717) is 6.08 Å². The molecule has 0 aliphatic carbocycles. The summed E-state index contributed by atoms with van der Waals surface area (Å²) in [7, 11) is 0. The van der Waals surface area contributed by atoms with Crippen molar-refractivity contribution in [3.05, 3.63) is 22.8 Å². The van der Waals surface area contributed by atoms with E-state index in [1.165, 1.54) is 6.92 Å². The Morgan fingerprint density at radius 3 is 1.38 bits per heavy atom. The lowest BCUT2D eigenvalue weighted by Gasteiger charge is -2.05. The van der Waals surface area contributed by atoms with Crippen molar-refractivity contribution in [1.29, 1.82) is 0 Å². The average molecular weight is 378 g/mol. The van der Waals surface area contributed by atoms with E-state index >= 15 is 0 Å². The molecule has 7 N–H and O–H groups in total. The summed E-state index contributed by atoms with van der Waals surface area (Å²) in [4.78, 5) is 41.6. The van der Waals surface area contributed by atoms with Gasteiger partial charge in [0.25, 0.3) is 0 Å². The Hall–Kier alpha value is -2.76. The molecule has 148 valence electrons. The van der Waals surface area contributed by atoms with Crippen molar-refractivity contribution in [2.24, 2.45) is 0 Å². The first-order valence-electron chi connectivity index (χ1n) is 7.23. The maximum atomic E-state index is 10.6. The zero-order valence-electron chi connectivity index (χ0n) is 14.0. The summed E-state index contributed by atoms with van der Waals surface area (Å²) in [5.41, 5.74) is -1.04. The van der Waals surface area contributed by atoms with Crippen LogP contribution in [-0.2, 0) is 19.2 Å². The fourth-order valence-electron chi connectivity index (χ4n) is 1.67. The Balaban J connectivity index is 0. The zero-order valence-corrected chi connectivity index (χ0v) is 14.0. The highest BCUT2D eigenvalue weighted by Gasteiger charge is 2.18. The van der Waals surface area contributed by atoms with E-state index in [9.17, 15) is 19.2 Å². The summed E-state index contributed by atoms with van der Waals surface area (Å²) in [6.45, 7) is 0.506. The lowest BCUT2D eigenvalue weighted by molar-refractivity contribution is -0.136. The number of hydrogen-bond donors (Lipinski definition) is 7. The quantitative estimate of drug-likeness (QED) is 0.231. The maximum absolute atomic E-state index is 10.6. The summed E-state index contributed by atoms with van der Waals surface area (Å²) in [5, 5.41) is 59.8. The molecule has 0 fully saturated rings. The van der Waals surface area contributed by atoms with Crippen LogP contribution in [0.15, 0.2) is 22.8 Å². The molecule has 26 heavy (non-hydrogen) atoms. The molecule has 0 radical (unpaired) electrons. The van der Waals surface area contributed by atoms with Gasteiger partial charge in [0.05, 0.1) is 6.10 Å². The number of carboxylic acid groups (broad SMARTS) is 4. The minimum Gasteiger partial charge on any atom is -0.478 e. The molecule has 0 bridgehead atoms. The number of carboxylic acids is 4. The van der Waals surface area contributed by atoms with Crippen LogP contribution in [0, 0.1) is 0 Å². The van der Waals surface area contributed by atoms with Crippen molar-refractivity contribution in [1.82, 2.24) is 0 Å². The summed E-state index contributed by atoms with van der Waals surface area (Å²) >= 11 is 0.